The minimum atomic E-state index is -0.491. The second-order valence-electron chi connectivity index (χ2n) is 4.30. The largest absolute Gasteiger partial charge is 0.366 e. The molecule has 6 heteroatoms. The van der Waals surface area contributed by atoms with E-state index in [4.69, 9.17) is 11.0 Å². The number of anilines is 1. The van der Waals surface area contributed by atoms with Gasteiger partial charge in [-0.25, -0.2) is 0 Å². The zero-order valence-corrected chi connectivity index (χ0v) is 9.87. The number of rotatable bonds is 3. The SMILES string of the molecule is N#Cc1cc([N+](=O)[O-])ccc1N1CCCC1CN. The molecule has 1 aliphatic rings. The Morgan fingerprint density at radius 2 is 2.39 bits per heavy atom. The summed E-state index contributed by atoms with van der Waals surface area (Å²) in [5.41, 5.74) is 6.73. The molecule has 0 amide bonds. The van der Waals surface area contributed by atoms with E-state index in [1.54, 1.807) is 6.07 Å². The number of hydrogen-bond acceptors (Lipinski definition) is 5. The first-order chi connectivity index (χ1) is 8.67. The number of nitrogens with two attached hydrogens (primary N) is 1. The minimum absolute atomic E-state index is 0.0567. The van der Waals surface area contributed by atoms with Crippen LogP contribution in [0.1, 0.15) is 18.4 Å². The summed E-state index contributed by atoms with van der Waals surface area (Å²) in [5, 5.41) is 19.8. The average Bonchev–Trinajstić information content (AvgIpc) is 2.85. The highest BCUT2D eigenvalue weighted by molar-refractivity contribution is 5.63. The molecule has 1 heterocycles. The minimum Gasteiger partial charge on any atom is -0.366 e. The second kappa shape index (κ2) is 5.02. The van der Waals surface area contributed by atoms with Crippen molar-refractivity contribution in [3.8, 4) is 6.07 Å². The lowest BCUT2D eigenvalue weighted by Crippen LogP contribution is -2.35. The molecule has 18 heavy (non-hydrogen) atoms. The fourth-order valence-corrected chi connectivity index (χ4v) is 2.38. The Bertz CT molecular complexity index is 509. The van der Waals surface area contributed by atoms with Crippen molar-refractivity contribution in [1.82, 2.24) is 0 Å². The van der Waals surface area contributed by atoms with Crippen LogP contribution in [-0.2, 0) is 0 Å². The zero-order chi connectivity index (χ0) is 13.1. The first-order valence-electron chi connectivity index (χ1n) is 5.82. The van der Waals surface area contributed by atoms with E-state index in [0.29, 0.717) is 12.1 Å². The number of nitrogens with zero attached hydrogens (tertiary/aromatic N) is 3. The molecule has 0 radical (unpaired) electrons. The van der Waals surface area contributed by atoms with Crippen LogP contribution in [-0.4, -0.2) is 24.1 Å². The van der Waals surface area contributed by atoms with Crippen molar-refractivity contribution >= 4 is 11.4 Å². The van der Waals surface area contributed by atoms with Gasteiger partial charge in [0.25, 0.3) is 5.69 Å². The Morgan fingerprint density at radius 3 is 3.00 bits per heavy atom. The van der Waals surface area contributed by atoms with Crippen LogP contribution in [0.25, 0.3) is 0 Å². The molecule has 0 bridgehead atoms. The van der Waals surface area contributed by atoms with E-state index in [1.807, 2.05) is 6.07 Å². The molecular formula is C12H14N4O2. The van der Waals surface area contributed by atoms with Gasteiger partial charge in [-0.15, -0.1) is 0 Å². The molecule has 94 valence electrons. The van der Waals surface area contributed by atoms with Gasteiger partial charge in [0.1, 0.15) is 6.07 Å². The quantitative estimate of drug-likeness (QED) is 0.642. The third kappa shape index (κ3) is 2.13. The summed E-state index contributed by atoms with van der Waals surface area (Å²) in [6.07, 6.45) is 2.03. The summed E-state index contributed by atoms with van der Waals surface area (Å²) in [7, 11) is 0. The lowest BCUT2D eigenvalue weighted by Gasteiger charge is -2.26. The lowest BCUT2D eigenvalue weighted by atomic mass is 10.1. The Hall–Kier alpha value is -2.13. The first-order valence-corrected chi connectivity index (χ1v) is 5.82. The van der Waals surface area contributed by atoms with Crippen molar-refractivity contribution in [2.75, 3.05) is 18.0 Å². The monoisotopic (exact) mass is 246 g/mol. The van der Waals surface area contributed by atoms with Crippen LogP contribution in [0.15, 0.2) is 18.2 Å². The summed E-state index contributed by atoms with van der Waals surface area (Å²) in [5.74, 6) is 0. The van der Waals surface area contributed by atoms with Crippen LogP contribution < -0.4 is 10.6 Å². The van der Waals surface area contributed by atoms with Gasteiger partial charge in [0.2, 0.25) is 0 Å². The van der Waals surface area contributed by atoms with Crippen LogP contribution in [0.3, 0.4) is 0 Å². The van der Waals surface area contributed by atoms with Crippen LogP contribution in [0.4, 0.5) is 11.4 Å². The van der Waals surface area contributed by atoms with Gasteiger partial charge in [0, 0.05) is 31.3 Å². The number of nitro benzene ring substituents is 1. The number of nitriles is 1. The van der Waals surface area contributed by atoms with E-state index >= 15 is 0 Å². The number of hydrogen-bond donors (Lipinski definition) is 1. The summed E-state index contributed by atoms with van der Waals surface area (Å²) < 4.78 is 0. The third-order valence-electron chi connectivity index (χ3n) is 3.27. The van der Waals surface area contributed by atoms with E-state index in [1.165, 1.54) is 12.1 Å². The predicted molar refractivity (Wildman–Crippen MR) is 67.2 cm³/mol. The Morgan fingerprint density at radius 1 is 1.61 bits per heavy atom. The van der Waals surface area contributed by atoms with Crippen molar-refractivity contribution in [2.45, 2.75) is 18.9 Å². The van der Waals surface area contributed by atoms with Crippen molar-refractivity contribution in [1.29, 1.82) is 5.26 Å². The topological polar surface area (TPSA) is 96.2 Å². The third-order valence-corrected chi connectivity index (χ3v) is 3.27. The summed E-state index contributed by atoms with van der Waals surface area (Å²) in [6, 6.07) is 6.64. The van der Waals surface area contributed by atoms with Gasteiger partial charge in [-0.2, -0.15) is 5.26 Å². The molecule has 6 nitrogen and oxygen atoms in total. The highest BCUT2D eigenvalue weighted by Crippen LogP contribution is 2.30. The fourth-order valence-electron chi connectivity index (χ4n) is 2.38. The van der Waals surface area contributed by atoms with E-state index < -0.39 is 4.92 Å². The first kappa shape index (κ1) is 12.3. The molecule has 1 fully saturated rings. The van der Waals surface area contributed by atoms with E-state index in [9.17, 15) is 10.1 Å². The van der Waals surface area contributed by atoms with Gasteiger partial charge in [-0.05, 0) is 18.9 Å². The second-order valence-corrected chi connectivity index (χ2v) is 4.30. The van der Waals surface area contributed by atoms with Crippen LogP contribution in [0.2, 0.25) is 0 Å². The van der Waals surface area contributed by atoms with Crippen molar-refractivity contribution < 1.29 is 4.92 Å². The summed E-state index contributed by atoms with van der Waals surface area (Å²) in [4.78, 5) is 12.3. The molecule has 0 aromatic heterocycles. The average molecular weight is 246 g/mol. The van der Waals surface area contributed by atoms with Gasteiger partial charge in [-0.1, -0.05) is 0 Å². The molecule has 1 atom stereocenters. The number of nitro groups is 1. The molecule has 2 N–H and O–H groups in total. The van der Waals surface area contributed by atoms with Crippen molar-refractivity contribution in [3.05, 3.63) is 33.9 Å². The Labute approximate surface area is 105 Å². The molecule has 1 aromatic carbocycles. The maximum absolute atomic E-state index is 10.7. The van der Waals surface area contributed by atoms with Crippen LogP contribution in [0, 0.1) is 21.4 Å². The maximum Gasteiger partial charge on any atom is 0.270 e. The molecule has 0 spiro atoms. The molecule has 1 aliphatic heterocycles. The van der Waals surface area contributed by atoms with Gasteiger partial charge in [0.05, 0.1) is 16.2 Å². The maximum atomic E-state index is 10.7. The lowest BCUT2D eigenvalue weighted by molar-refractivity contribution is -0.384. The summed E-state index contributed by atoms with van der Waals surface area (Å²) in [6.45, 7) is 1.37. The molecule has 1 unspecified atom stereocenters. The van der Waals surface area contributed by atoms with Gasteiger partial charge in [-0.3, -0.25) is 10.1 Å². The van der Waals surface area contributed by atoms with Gasteiger partial charge < -0.3 is 10.6 Å². The molecule has 1 aromatic rings. The van der Waals surface area contributed by atoms with Crippen molar-refractivity contribution in [3.63, 3.8) is 0 Å². The highest BCUT2D eigenvalue weighted by atomic mass is 16.6. The van der Waals surface area contributed by atoms with E-state index in [0.717, 1.165) is 25.1 Å². The Balaban J connectivity index is 2.39. The molecule has 0 aliphatic carbocycles. The zero-order valence-electron chi connectivity index (χ0n) is 9.87. The Kier molecular flexibility index (Phi) is 3.44. The van der Waals surface area contributed by atoms with E-state index in [2.05, 4.69) is 4.90 Å². The summed E-state index contributed by atoms with van der Waals surface area (Å²) >= 11 is 0. The smallest absolute Gasteiger partial charge is 0.270 e. The molecule has 1 saturated heterocycles. The number of non-ortho nitro benzene ring substituents is 1. The molecular weight excluding hydrogens is 232 g/mol. The number of benzene rings is 1. The molecule has 0 saturated carbocycles. The van der Waals surface area contributed by atoms with E-state index in [-0.39, 0.29) is 11.7 Å². The van der Waals surface area contributed by atoms with Gasteiger partial charge >= 0.3 is 0 Å². The fraction of sp³-hybridized carbons (Fsp3) is 0.417. The standard InChI is InChI=1S/C12H14N4O2/c13-7-9-6-10(16(17)18)3-4-12(9)15-5-1-2-11(15)8-14/h3-4,6,11H,1-2,5,8,14H2. The predicted octanol–water partition coefficient (Wildman–Crippen LogP) is 1.39. The van der Waals surface area contributed by atoms with Crippen molar-refractivity contribution in [2.24, 2.45) is 5.73 Å². The molecule has 2 rings (SSSR count). The van der Waals surface area contributed by atoms with Gasteiger partial charge in [0.15, 0.2) is 0 Å². The van der Waals surface area contributed by atoms with Crippen LogP contribution >= 0.6 is 0 Å². The van der Waals surface area contributed by atoms with Crippen LogP contribution in [0.5, 0.6) is 0 Å². The normalized spacial score (nSPS) is 18.7. The highest BCUT2D eigenvalue weighted by Gasteiger charge is 2.26.